The molecule has 0 aliphatic heterocycles. The molecule has 0 fully saturated rings. The highest BCUT2D eigenvalue weighted by Gasteiger charge is 2.04. The van der Waals surface area contributed by atoms with Gasteiger partial charge in [-0.15, -0.1) is 0 Å². The summed E-state index contributed by atoms with van der Waals surface area (Å²) in [6, 6.07) is 4.87. The van der Waals surface area contributed by atoms with E-state index < -0.39 is 0 Å². The van der Waals surface area contributed by atoms with Crippen LogP contribution in [0.15, 0.2) is 29.2 Å². The molecule has 0 spiro atoms. The number of H-pyrrole nitrogens is 1. The third-order valence-electron chi connectivity index (χ3n) is 2.12. The third-order valence-corrected chi connectivity index (χ3v) is 2.35. The van der Waals surface area contributed by atoms with Gasteiger partial charge in [0.25, 0.3) is 5.56 Å². The van der Waals surface area contributed by atoms with E-state index in [1.165, 1.54) is 12.3 Å². The fourth-order valence-electron chi connectivity index (χ4n) is 1.42. The molecular formula is C11H11ClN4O. The van der Waals surface area contributed by atoms with Gasteiger partial charge in [0.15, 0.2) is 5.82 Å². The van der Waals surface area contributed by atoms with Gasteiger partial charge < -0.3 is 10.3 Å². The second kappa shape index (κ2) is 5.07. The molecule has 0 bridgehead atoms. The summed E-state index contributed by atoms with van der Waals surface area (Å²) < 4.78 is 0. The standard InChI is InChI=1S/C11H11ClN4O/c1-13-6-8-4-10(17)16-11(15-8)9-3-2-7(12)5-14-9/h2-5,13H,6H2,1H3,(H,15,16,17). The van der Waals surface area contributed by atoms with Crippen molar-refractivity contribution in [3.05, 3.63) is 45.5 Å². The average Bonchev–Trinajstić information content (AvgIpc) is 2.29. The van der Waals surface area contributed by atoms with Crippen LogP contribution in [0.25, 0.3) is 11.5 Å². The number of hydrogen-bond acceptors (Lipinski definition) is 4. The Labute approximate surface area is 103 Å². The van der Waals surface area contributed by atoms with Crippen molar-refractivity contribution in [1.29, 1.82) is 0 Å². The Kier molecular flexibility index (Phi) is 3.51. The van der Waals surface area contributed by atoms with Gasteiger partial charge in [-0.2, -0.15) is 0 Å². The number of nitrogens with one attached hydrogen (secondary N) is 2. The van der Waals surface area contributed by atoms with E-state index in [1.807, 2.05) is 0 Å². The molecular weight excluding hydrogens is 240 g/mol. The summed E-state index contributed by atoms with van der Waals surface area (Å²) in [5.41, 5.74) is 1.06. The molecule has 2 N–H and O–H groups in total. The zero-order valence-corrected chi connectivity index (χ0v) is 9.95. The lowest BCUT2D eigenvalue weighted by Crippen LogP contribution is -2.15. The van der Waals surface area contributed by atoms with Crippen molar-refractivity contribution < 1.29 is 0 Å². The molecule has 0 radical (unpaired) electrons. The van der Waals surface area contributed by atoms with E-state index in [9.17, 15) is 4.79 Å². The van der Waals surface area contributed by atoms with Gasteiger partial charge in [0.2, 0.25) is 0 Å². The van der Waals surface area contributed by atoms with Crippen LogP contribution in [0.4, 0.5) is 0 Å². The number of pyridine rings is 1. The minimum atomic E-state index is -0.197. The molecule has 2 rings (SSSR count). The van der Waals surface area contributed by atoms with Crippen LogP contribution >= 0.6 is 11.6 Å². The smallest absolute Gasteiger partial charge is 0.251 e. The first-order chi connectivity index (χ1) is 8.19. The highest BCUT2D eigenvalue weighted by molar-refractivity contribution is 6.30. The van der Waals surface area contributed by atoms with Crippen LogP contribution < -0.4 is 10.9 Å². The molecule has 5 nitrogen and oxygen atoms in total. The lowest BCUT2D eigenvalue weighted by atomic mass is 10.3. The van der Waals surface area contributed by atoms with Gasteiger partial charge in [0, 0.05) is 18.8 Å². The molecule has 0 aliphatic carbocycles. The SMILES string of the molecule is CNCc1cc(=O)[nH]c(-c2ccc(Cl)cn2)n1. The summed E-state index contributed by atoms with van der Waals surface area (Å²) in [6.07, 6.45) is 1.52. The summed E-state index contributed by atoms with van der Waals surface area (Å²) in [6.45, 7) is 0.532. The van der Waals surface area contributed by atoms with Gasteiger partial charge >= 0.3 is 0 Å². The molecule has 0 saturated heterocycles. The third kappa shape index (κ3) is 2.89. The van der Waals surface area contributed by atoms with E-state index in [4.69, 9.17) is 11.6 Å². The van der Waals surface area contributed by atoms with E-state index in [0.29, 0.717) is 28.8 Å². The highest BCUT2D eigenvalue weighted by atomic mass is 35.5. The van der Waals surface area contributed by atoms with Crippen LogP contribution in [-0.2, 0) is 6.54 Å². The van der Waals surface area contributed by atoms with Crippen LogP contribution in [-0.4, -0.2) is 22.0 Å². The van der Waals surface area contributed by atoms with Crippen molar-refractivity contribution in [3.8, 4) is 11.5 Å². The second-order valence-electron chi connectivity index (χ2n) is 3.48. The van der Waals surface area contributed by atoms with Crippen molar-refractivity contribution in [3.63, 3.8) is 0 Å². The Morgan fingerprint density at radius 2 is 2.29 bits per heavy atom. The normalized spacial score (nSPS) is 10.5. The Morgan fingerprint density at radius 1 is 1.47 bits per heavy atom. The number of rotatable bonds is 3. The first-order valence-corrected chi connectivity index (χ1v) is 5.43. The fourth-order valence-corrected chi connectivity index (χ4v) is 1.53. The van der Waals surface area contributed by atoms with Crippen LogP contribution in [0, 0.1) is 0 Å². The Bertz CT molecular complexity index is 564. The van der Waals surface area contributed by atoms with Crippen molar-refractivity contribution in [1.82, 2.24) is 20.3 Å². The first-order valence-electron chi connectivity index (χ1n) is 5.06. The maximum Gasteiger partial charge on any atom is 0.251 e. The summed E-state index contributed by atoms with van der Waals surface area (Å²) in [4.78, 5) is 22.5. The van der Waals surface area contributed by atoms with Crippen LogP contribution in [0.2, 0.25) is 5.02 Å². The molecule has 2 aromatic rings. The Balaban J connectivity index is 2.44. The summed E-state index contributed by atoms with van der Waals surface area (Å²) in [5.74, 6) is 0.444. The molecule has 0 aliphatic rings. The Morgan fingerprint density at radius 3 is 2.94 bits per heavy atom. The predicted octanol–water partition coefficient (Wildman–Crippen LogP) is 1.20. The molecule has 2 aromatic heterocycles. The number of aromatic nitrogens is 3. The number of hydrogen-bond donors (Lipinski definition) is 2. The molecule has 6 heteroatoms. The minimum absolute atomic E-state index is 0.197. The largest absolute Gasteiger partial charge is 0.314 e. The number of aromatic amines is 1. The van der Waals surface area contributed by atoms with E-state index >= 15 is 0 Å². The summed E-state index contributed by atoms with van der Waals surface area (Å²) in [7, 11) is 1.79. The lowest BCUT2D eigenvalue weighted by molar-refractivity contribution is 0.784. The van der Waals surface area contributed by atoms with Crippen LogP contribution in [0.3, 0.4) is 0 Å². The van der Waals surface area contributed by atoms with Gasteiger partial charge in [-0.25, -0.2) is 4.98 Å². The first kappa shape index (κ1) is 11.8. The highest BCUT2D eigenvalue weighted by Crippen LogP contribution is 2.13. The predicted molar refractivity (Wildman–Crippen MR) is 65.9 cm³/mol. The zero-order valence-electron chi connectivity index (χ0n) is 9.20. The zero-order chi connectivity index (χ0) is 12.3. The van der Waals surface area contributed by atoms with Crippen molar-refractivity contribution in [2.24, 2.45) is 0 Å². The van der Waals surface area contributed by atoms with Crippen LogP contribution in [0.5, 0.6) is 0 Å². The van der Waals surface area contributed by atoms with Gasteiger partial charge in [0.1, 0.15) is 5.69 Å². The summed E-state index contributed by atoms with van der Waals surface area (Å²) in [5, 5.41) is 3.49. The molecule has 0 aromatic carbocycles. The van der Waals surface area contributed by atoms with Gasteiger partial charge in [-0.3, -0.25) is 9.78 Å². The van der Waals surface area contributed by atoms with E-state index in [0.717, 1.165) is 0 Å². The monoisotopic (exact) mass is 250 g/mol. The quantitative estimate of drug-likeness (QED) is 0.859. The Hall–Kier alpha value is -1.72. The van der Waals surface area contributed by atoms with Gasteiger partial charge in [-0.1, -0.05) is 11.6 Å². The van der Waals surface area contributed by atoms with Crippen molar-refractivity contribution in [2.75, 3.05) is 7.05 Å². The van der Waals surface area contributed by atoms with E-state index in [1.54, 1.807) is 19.2 Å². The van der Waals surface area contributed by atoms with Gasteiger partial charge in [0.05, 0.1) is 10.7 Å². The van der Waals surface area contributed by atoms with E-state index in [2.05, 4.69) is 20.3 Å². The van der Waals surface area contributed by atoms with Crippen LogP contribution in [0.1, 0.15) is 5.69 Å². The lowest BCUT2D eigenvalue weighted by Gasteiger charge is -2.03. The molecule has 0 amide bonds. The average molecular weight is 251 g/mol. The van der Waals surface area contributed by atoms with Crippen molar-refractivity contribution >= 4 is 11.6 Å². The number of nitrogens with zero attached hydrogens (tertiary/aromatic N) is 2. The van der Waals surface area contributed by atoms with Crippen molar-refractivity contribution in [2.45, 2.75) is 6.54 Å². The molecule has 2 heterocycles. The molecule has 17 heavy (non-hydrogen) atoms. The molecule has 0 saturated carbocycles. The summed E-state index contributed by atoms with van der Waals surface area (Å²) >= 11 is 5.75. The van der Waals surface area contributed by atoms with E-state index in [-0.39, 0.29) is 5.56 Å². The molecule has 0 unspecified atom stereocenters. The maximum atomic E-state index is 11.4. The number of halogens is 1. The van der Waals surface area contributed by atoms with Gasteiger partial charge in [-0.05, 0) is 19.2 Å². The fraction of sp³-hybridized carbons (Fsp3) is 0.182. The topological polar surface area (TPSA) is 70.7 Å². The molecule has 0 atom stereocenters. The minimum Gasteiger partial charge on any atom is -0.314 e. The second-order valence-corrected chi connectivity index (χ2v) is 3.91. The maximum absolute atomic E-state index is 11.4. The molecule has 88 valence electrons.